The van der Waals surface area contributed by atoms with Crippen LogP contribution in [0.25, 0.3) is 0 Å². The van der Waals surface area contributed by atoms with E-state index in [1.165, 1.54) is 5.56 Å². The Labute approximate surface area is 129 Å². The Hall–Kier alpha value is -1.25. The number of benzene rings is 1. The summed E-state index contributed by atoms with van der Waals surface area (Å²) in [5.41, 5.74) is 3.47. The minimum Gasteiger partial charge on any atom is -0.380 e. The van der Waals surface area contributed by atoms with E-state index in [0.29, 0.717) is 17.1 Å². The Morgan fingerprint density at radius 2 is 1.80 bits per heavy atom. The molecule has 1 aromatic carbocycles. The van der Waals surface area contributed by atoms with Gasteiger partial charge in [0.05, 0.1) is 5.69 Å². The van der Waals surface area contributed by atoms with Gasteiger partial charge in [0.15, 0.2) is 5.15 Å². The molecule has 0 unspecified atom stereocenters. The number of aromatic nitrogens is 1. The van der Waals surface area contributed by atoms with Gasteiger partial charge in [-0.1, -0.05) is 35.3 Å². The van der Waals surface area contributed by atoms with Gasteiger partial charge in [-0.05, 0) is 55.0 Å². The molecule has 0 spiro atoms. The first-order chi connectivity index (χ1) is 9.63. The van der Waals surface area contributed by atoms with Crippen LogP contribution in [-0.2, 0) is 0 Å². The first-order valence-corrected chi connectivity index (χ1v) is 7.52. The van der Waals surface area contributed by atoms with Crippen LogP contribution in [-0.4, -0.2) is 11.0 Å². The second-order valence-electron chi connectivity index (χ2n) is 5.35. The van der Waals surface area contributed by atoms with Gasteiger partial charge in [-0.15, -0.1) is 0 Å². The summed E-state index contributed by atoms with van der Waals surface area (Å²) in [7, 11) is 0. The highest BCUT2D eigenvalue weighted by Gasteiger charge is 2.30. The summed E-state index contributed by atoms with van der Waals surface area (Å²) in [6.45, 7) is 2.05. The number of anilines is 1. The molecule has 2 nitrogen and oxygen atoms in total. The van der Waals surface area contributed by atoms with E-state index in [-0.39, 0.29) is 0 Å². The molecule has 0 atom stereocenters. The normalized spacial score (nSPS) is 21.4. The predicted octanol–water partition coefficient (Wildman–Crippen LogP) is 5.05. The molecular weight excluding hydrogens is 291 g/mol. The standard InChI is InChI=1S/C16H16Cl2N2/c1-10-6-7-19-16(18)15(10)20-14-8-12(9-14)11-2-4-13(17)5-3-11/h2-7,12,14,20H,8-9H2,1H3. The molecule has 1 heterocycles. The Kier molecular flexibility index (Phi) is 3.86. The third-order valence-corrected chi connectivity index (χ3v) is 4.48. The lowest BCUT2D eigenvalue weighted by atomic mass is 9.76. The van der Waals surface area contributed by atoms with Gasteiger partial charge in [-0.25, -0.2) is 4.98 Å². The van der Waals surface area contributed by atoms with E-state index in [1.54, 1.807) is 6.20 Å². The third kappa shape index (κ3) is 2.77. The summed E-state index contributed by atoms with van der Waals surface area (Å²) >= 11 is 12.1. The van der Waals surface area contributed by atoms with Crippen molar-refractivity contribution in [1.29, 1.82) is 0 Å². The van der Waals surface area contributed by atoms with E-state index < -0.39 is 0 Å². The molecule has 20 heavy (non-hydrogen) atoms. The number of nitrogens with one attached hydrogen (secondary N) is 1. The SMILES string of the molecule is Cc1ccnc(Cl)c1NC1CC(c2ccc(Cl)cc2)C1. The second-order valence-corrected chi connectivity index (χ2v) is 6.15. The van der Waals surface area contributed by atoms with Crippen molar-refractivity contribution in [3.8, 4) is 0 Å². The topological polar surface area (TPSA) is 24.9 Å². The molecule has 1 aliphatic rings. The molecular formula is C16H16Cl2N2. The van der Waals surface area contributed by atoms with Crippen molar-refractivity contribution < 1.29 is 0 Å². The van der Waals surface area contributed by atoms with Gasteiger partial charge in [-0.2, -0.15) is 0 Å². The van der Waals surface area contributed by atoms with Gasteiger partial charge in [-0.3, -0.25) is 0 Å². The molecule has 0 saturated heterocycles. The van der Waals surface area contributed by atoms with Crippen LogP contribution in [0.1, 0.15) is 29.9 Å². The van der Waals surface area contributed by atoms with Gasteiger partial charge < -0.3 is 5.32 Å². The number of hydrogen-bond acceptors (Lipinski definition) is 2. The number of halogens is 2. The van der Waals surface area contributed by atoms with Gasteiger partial charge in [0, 0.05) is 17.3 Å². The average molecular weight is 307 g/mol. The zero-order chi connectivity index (χ0) is 14.1. The van der Waals surface area contributed by atoms with Crippen molar-refractivity contribution >= 4 is 28.9 Å². The molecule has 3 rings (SSSR count). The monoisotopic (exact) mass is 306 g/mol. The van der Waals surface area contributed by atoms with Crippen molar-refractivity contribution in [3.63, 3.8) is 0 Å². The highest BCUT2D eigenvalue weighted by Crippen LogP contribution is 2.39. The number of nitrogens with zero attached hydrogens (tertiary/aromatic N) is 1. The maximum atomic E-state index is 6.14. The molecule has 1 N–H and O–H groups in total. The summed E-state index contributed by atoms with van der Waals surface area (Å²) < 4.78 is 0. The zero-order valence-electron chi connectivity index (χ0n) is 11.2. The van der Waals surface area contributed by atoms with E-state index in [1.807, 2.05) is 25.1 Å². The van der Waals surface area contributed by atoms with Crippen LogP contribution in [0.3, 0.4) is 0 Å². The number of hydrogen-bond donors (Lipinski definition) is 1. The largest absolute Gasteiger partial charge is 0.380 e. The fraction of sp³-hybridized carbons (Fsp3) is 0.312. The first kappa shape index (κ1) is 13.7. The van der Waals surface area contributed by atoms with Crippen molar-refractivity contribution in [1.82, 2.24) is 4.98 Å². The minimum atomic E-state index is 0.469. The van der Waals surface area contributed by atoms with Crippen LogP contribution in [0.2, 0.25) is 10.2 Å². The van der Waals surface area contributed by atoms with E-state index >= 15 is 0 Å². The van der Waals surface area contributed by atoms with Crippen molar-refractivity contribution in [3.05, 3.63) is 57.8 Å². The Morgan fingerprint density at radius 1 is 1.10 bits per heavy atom. The zero-order valence-corrected chi connectivity index (χ0v) is 12.7. The summed E-state index contributed by atoms with van der Waals surface area (Å²) in [5, 5.41) is 4.85. The van der Waals surface area contributed by atoms with Crippen molar-refractivity contribution in [2.24, 2.45) is 0 Å². The van der Waals surface area contributed by atoms with Crippen LogP contribution < -0.4 is 5.32 Å². The maximum absolute atomic E-state index is 6.14. The van der Waals surface area contributed by atoms with Crippen molar-refractivity contribution in [2.45, 2.75) is 31.7 Å². The highest BCUT2D eigenvalue weighted by atomic mass is 35.5. The van der Waals surface area contributed by atoms with Gasteiger partial charge in [0.2, 0.25) is 0 Å². The number of rotatable bonds is 3. The Balaban J connectivity index is 1.62. The smallest absolute Gasteiger partial charge is 0.152 e. The van der Waals surface area contributed by atoms with Gasteiger partial charge in [0.25, 0.3) is 0 Å². The average Bonchev–Trinajstić information content (AvgIpc) is 2.38. The lowest BCUT2D eigenvalue weighted by molar-refractivity contribution is 0.374. The predicted molar refractivity (Wildman–Crippen MR) is 84.8 cm³/mol. The molecule has 0 aliphatic heterocycles. The van der Waals surface area contributed by atoms with Gasteiger partial charge >= 0.3 is 0 Å². The van der Waals surface area contributed by atoms with E-state index in [2.05, 4.69) is 22.4 Å². The maximum Gasteiger partial charge on any atom is 0.152 e. The molecule has 2 aromatic rings. The molecule has 0 bridgehead atoms. The van der Waals surface area contributed by atoms with Crippen LogP contribution in [0, 0.1) is 6.92 Å². The third-order valence-electron chi connectivity index (χ3n) is 3.94. The van der Waals surface area contributed by atoms with Crippen LogP contribution in [0.4, 0.5) is 5.69 Å². The van der Waals surface area contributed by atoms with Crippen LogP contribution >= 0.6 is 23.2 Å². The molecule has 0 amide bonds. The highest BCUT2D eigenvalue weighted by molar-refractivity contribution is 6.32. The molecule has 1 fully saturated rings. The van der Waals surface area contributed by atoms with E-state index in [9.17, 15) is 0 Å². The Morgan fingerprint density at radius 3 is 2.45 bits per heavy atom. The molecule has 0 radical (unpaired) electrons. The molecule has 4 heteroatoms. The number of aryl methyl sites for hydroxylation is 1. The Bertz CT molecular complexity index is 584. The fourth-order valence-electron chi connectivity index (χ4n) is 2.65. The molecule has 1 aliphatic carbocycles. The fourth-order valence-corrected chi connectivity index (χ4v) is 3.03. The van der Waals surface area contributed by atoms with Crippen LogP contribution in [0.5, 0.6) is 0 Å². The quantitative estimate of drug-likeness (QED) is 0.802. The lowest BCUT2D eigenvalue weighted by Gasteiger charge is -2.37. The van der Waals surface area contributed by atoms with Crippen LogP contribution in [0.15, 0.2) is 36.5 Å². The number of pyridine rings is 1. The minimum absolute atomic E-state index is 0.469. The van der Waals surface area contributed by atoms with Gasteiger partial charge in [0.1, 0.15) is 0 Å². The summed E-state index contributed by atoms with van der Waals surface area (Å²) in [6, 6.07) is 10.6. The summed E-state index contributed by atoms with van der Waals surface area (Å²) in [5.74, 6) is 0.612. The van der Waals surface area contributed by atoms with Crippen molar-refractivity contribution in [2.75, 3.05) is 5.32 Å². The molecule has 1 aromatic heterocycles. The summed E-state index contributed by atoms with van der Waals surface area (Å²) in [4.78, 5) is 4.13. The van der Waals surface area contributed by atoms with E-state index in [4.69, 9.17) is 23.2 Å². The molecule has 1 saturated carbocycles. The van der Waals surface area contributed by atoms with E-state index in [0.717, 1.165) is 29.1 Å². The lowest BCUT2D eigenvalue weighted by Crippen LogP contribution is -2.34. The summed E-state index contributed by atoms with van der Waals surface area (Å²) in [6.07, 6.45) is 3.97. The molecule has 104 valence electrons. The second kappa shape index (κ2) is 5.63. The first-order valence-electron chi connectivity index (χ1n) is 6.76.